The highest BCUT2D eigenvalue weighted by Crippen LogP contribution is 2.32. The van der Waals surface area contributed by atoms with Gasteiger partial charge < -0.3 is 19.1 Å². The van der Waals surface area contributed by atoms with Gasteiger partial charge in [-0.1, -0.05) is 48.5 Å². The Labute approximate surface area is 233 Å². The Hall–Kier alpha value is -4.63. The molecule has 0 radical (unpaired) electrons. The van der Waals surface area contributed by atoms with E-state index in [0.717, 1.165) is 24.1 Å². The van der Waals surface area contributed by atoms with Crippen molar-refractivity contribution in [3.63, 3.8) is 0 Å². The lowest BCUT2D eigenvalue weighted by atomic mass is 10.1. The molecule has 9 nitrogen and oxygen atoms in total. The van der Waals surface area contributed by atoms with E-state index in [-0.39, 0.29) is 24.5 Å². The summed E-state index contributed by atoms with van der Waals surface area (Å²) in [5.41, 5.74) is 2.82. The number of benzene rings is 3. The molecular formula is C31H32N4O5. The van der Waals surface area contributed by atoms with Crippen molar-refractivity contribution < 1.29 is 23.8 Å². The minimum absolute atomic E-state index is 0.0982. The Morgan fingerprint density at radius 2 is 1.73 bits per heavy atom. The number of nitrogens with one attached hydrogen (secondary N) is 1. The van der Waals surface area contributed by atoms with Gasteiger partial charge in [0.2, 0.25) is 11.9 Å². The average molecular weight is 541 g/mol. The van der Waals surface area contributed by atoms with Crippen molar-refractivity contribution >= 4 is 17.8 Å². The van der Waals surface area contributed by atoms with Crippen molar-refractivity contribution in [2.24, 2.45) is 0 Å². The second-order valence-corrected chi connectivity index (χ2v) is 9.46. The Balaban J connectivity index is 1.44. The van der Waals surface area contributed by atoms with Crippen LogP contribution >= 0.6 is 0 Å². The van der Waals surface area contributed by atoms with E-state index in [4.69, 9.17) is 19.2 Å². The van der Waals surface area contributed by atoms with Crippen LogP contribution in [0.3, 0.4) is 0 Å². The van der Waals surface area contributed by atoms with Crippen molar-refractivity contribution in [2.45, 2.75) is 18.9 Å². The number of ether oxygens (including phenoxy) is 3. The molecule has 1 aliphatic heterocycles. The molecule has 1 saturated heterocycles. The van der Waals surface area contributed by atoms with E-state index in [1.54, 1.807) is 41.9 Å². The third-order valence-electron chi connectivity index (χ3n) is 6.76. The van der Waals surface area contributed by atoms with Crippen LogP contribution < -0.4 is 14.8 Å². The molecule has 40 heavy (non-hydrogen) atoms. The smallest absolute Gasteiger partial charge is 0.254 e. The first-order valence-corrected chi connectivity index (χ1v) is 13.2. The lowest BCUT2D eigenvalue weighted by Crippen LogP contribution is -2.42. The van der Waals surface area contributed by atoms with Crippen LogP contribution in [0.15, 0.2) is 85.1 Å². The summed E-state index contributed by atoms with van der Waals surface area (Å²) in [6.07, 6.45) is 3.55. The SMILES string of the molecule is COc1ccc(-n2cc(-c3ccccc3)nc2NC(=O)CN(CC2CCCO2)C(=O)c2ccccc2)cc1OC. The maximum absolute atomic E-state index is 13.4. The highest BCUT2D eigenvalue weighted by atomic mass is 16.5. The summed E-state index contributed by atoms with van der Waals surface area (Å²) in [5.74, 6) is 0.863. The van der Waals surface area contributed by atoms with Gasteiger partial charge in [0.25, 0.3) is 5.91 Å². The van der Waals surface area contributed by atoms with E-state index in [1.165, 1.54) is 0 Å². The van der Waals surface area contributed by atoms with Gasteiger partial charge in [-0.25, -0.2) is 4.98 Å². The predicted molar refractivity (Wildman–Crippen MR) is 152 cm³/mol. The number of carbonyl (C=O) groups excluding carboxylic acids is 2. The number of anilines is 1. The molecule has 2 amide bonds. The molecule has 0 bridgehead atoms. The van der Waals surface area contributed by atoms with Gasteiger partial charge in [-0.15, -0.1) is 0 Å². The van der Waals surface area contributed by atoms with Crippen LogP contribution in [-0.4, -0.2) is 66.3 Å². The van der Waals surface area contributed by atoms with E-state index in [1.807, 2.05) is 66.9 Å². The molecular weight excluding hydrogens is 508 g/mol. The van der Waals surface area contributed by atoms with Crippen LogP contribution in [0.5, 0.6) is 11.5 Å². The van der Waals surface area contributed by atoms with E-state index in [2.05, 4.69) is 5.32 Å². The Bertz CT molecular complexity index is 1450. The first-order chi connectivity index (χ1) is 19.6. The molecule has 0 saturated carbocycles. The molecule has 1 aromatic heterocycles. The van der Waals surface area contributed by atoms with Crippen molar-refractivity contribution in [3.8, 4) is 28.4 Å². The van der Waals surface area contributed by atoms with Gasteiger partial charge in [0.1, 0.15) is 6.54 Å². The number of nitrogens with zero attached hydrogens (tertiary/aromatic N) is 3. The Kier molecular flexibility index (Phi) is 8.41. The van der Waals surface area contributed by atoms with Gasteiger partial charge in [0.05, 0.1) is 31.7 Å². The summed E-state index contributed by atoms with van der Waals surface area (Å²) in [4.78, 5) is 33.1. The molecule has 206 valence electrons. The van der Waals surface area contributed by atoms with Gasteiger partial charge in [0, 0.05) is 36.5 Å². The second-order valence-electron chi connectivity index (χ2n) is 9.46. The molecule has 1 fully saturated rings. The van der Waals surface area contributed by atoms with E-state index in [9.17, 15) is 9.59 Å². The molecule has 1 unspecified atom stereocenters. The summed E-state index contributed by atoms with van der Waals surface area (Å²) in [7, 11) is 3.15. The average Bonchev–Trinajstić information content (AvgIpc) is 3.67. The largest absolute Gasteiger partial charge is 0.493 e. The maximum Gasteiger partial charge on any atom is 0.254 e. The summed E-state index contributed by atoms with van der Waals surface area (Å²) >= 11 is 0. The molecule has 3 aromatic carbocycles. The summed E-state index contributed by atoms with van der Waals surface area (Å²) < 4.78 is 18.4. The van der Waals surface area contributed by atoms with Gasteiger partial charge in [0.15, 0.2) is 11.5 Å². The van der Waals surface area contributed by atoms with Crippen LogP contribution in [0, 0.1) is 0 Å². The Morgan fingerprint density at radius 3 is 2.40 bits per heavy atom. The maximum atomic E-state index is 13.4. The van der Waals surface area contributed by atoms with Crippen LogP contribution in [0.2, 0.25) is 0 Å². The van der Waals surface area contributed by atoms with Crippen molar-refractivity contribution in [1.82, 2.24) is 14.5 Å². The topological polar surface area (TPSA) is 94.9 Å². The van der Waals surface area contributed by atoms with E-state index >= 15 is 0 Å². The zero-order chi connectivity index (χ0) is 27.9. The fourth-order valence-corrected chi connectivity index (χ4v) is 4.74. The Morgan fingerprint density at radius 1 is 1.00 bits per heavy atom. The second kappa shape index (κ2) is 12.5. The molecule has 2 heterocycles. The molecule has 1 atom stereocenters. The van der Waals surface area contributed by atoms with E-state index in [0.29, 0.717) is 41.9 Å². The van der Waals surface area contributed by atoms with E-state index < -0.39 is 0 Å². The normalized spacial score (nSPS) is 14.5. The molecule has 1 N–H and O–H groups in total. The molecule has 1 aliphatic rings. The highest BCUT2D eigenvalue weighted by molar-refractivity contribution is 5.99. The lowest BCUT2D eigenvalue weighted by Gasteiger charge is -2.25. The van der Waals surface area contributed by atoms with Crippen LogP contribution in [0.4, 0.5) is 5.95 Å². The number of rotatable bonds is 10. The zero-order valence-corrected chi connectivity index (χ0v) is 22.6. The quantitative estimate of drug-likeness (QED) is 0.310. The predicted octanol–water partition coefficient (Wildman–Crippen LogP) is 4.82. The molecule has 0 aliphatic carbocycles. The number of amides is 2. The lowest BCUT2D eigenvalue weighted by molar-refractivity contribution is -0.117. The fourth-order valence-electron chi connectivity index (χ4n) is 4.74. The number of aromatic nitrogens is 2. The van der Waals surface area contributed by atoms with Gasteiger partial charge >= 0.3 is 0 Å². The van der Waals surface area contributed by atoms with Crippen molar-refractivity contribution in [2.75, 3.05) is 39.2 Å². The number of methoxy groups -OCH3 is 2. The molecule has 4 aromatic rings. The minimum Gasteiger partial charge on any atom is -0.493 e. The van der Waals surface area contributed by atoms with Crippen molar-refractivity contribution in [1.29, 1.82) is 0 Å². The number of carbonyl (C=O) groups is 2. The number of hydrogen-bond acceptors (Lipinski definition) is 6. The highest BCUT2D eigenvalue weighted by Gasteiger charge is 2.26. The van der Waals surface area contributed by atoms with Crippen molar-refractivity contribution in [3.05, 3.63) is 90.6 Å². The molecule has 0 spiro atoms. The van der Waals surface area contributed by atoms with Gasteiger partial charge in [-0.2, -0.15) is 0 Å². The summed E-state index contributed by atoms with van der Waals surface area (Å²) in [5, 5.41) is 2.93. The molecule has 5 rings (SSSR count). The van der Waals surface area contributed by atoms with Gasteiger partial charge in [-0.05, 0) is 37.1 Å². The van der Waals surface area contributed by atoms with Crippen LogP contribution in [0.1, 0.15) is 23.2 Å². The molecule has 9 heteroatoms. The standard InChI is InChI=1S/C31H32N4O5/c1-38-27-16-15-24(18-28(27)39-2)35-20-26(22-10-5-3-6-11-22)32-31(35)33-29(36)21-34(19-25-14-9-17-40-25)30(37)23-12-7-4-8-13-23/h3-8,10-13,15-16,18,20,25H,9,14,17,19,21H2,1-2H3,(H,32,33,36). The van der Waals surface area contributed by atoms with Crippen LogP contribution in [0.25, 0.3) is 16.9 Å². The first kappa shape index (κ1) is 27.0. The fraction of sp³-hybridized carbons (Fsp3) is 0.258. The zero-order valence-electron chi connectivity index (χ0n) is 22.6. The number of hydrogen-bond donors (Lipinski definition) is 1. The van der Waals surface area contributed by atoms with Gasteiger partial charge in [-0.3, -0.25) is 19.5 Å². The van der Waals surface area contributed by atoms with Crippen LogP contribution in [-0.2, 0) is 9.53 Å². The monoisotopic (exact) mass is 540 g/mol. The number of imidazole rings is 1. The summed E-state index contributed by atoms with van der Waals surface area (Å²) in [6.45, 7) is 0.850. The minimum atomic E-state index is -0.366. The third kappa shape index (κ3) is 6.16. The first-order valence-electron chi connectivity index (χ1n) is 13.2. The third-order valence-corrected chi connectivity index (χ3v) is 6.76. The summed E-state index contributed by atoms with van der Waals surface area (Å²) in [6, 6.07) is 24.1.